The van der Waals surface area contributed by atoms with Gasteiger partial charge in [0.25, 0.3) is 0 Å². The monoisotopic (exact) mass is 252 g/mol. The van der Waals surface area contributed by atoms with Gasteiger partial charge in [-0.2, -0.15) is 0 Å². The van der Waals surface area contributed by atoms with Crippen LogP contribution in [0, 0.1) is 0 Å². The molecule has 0 N–H and O–H groups in total. The Balaban J connectivity index is 2.02. The third-order valence-electron chi connectivity index (χ3n) is 2.06. The zero-order valence-corrected chi connectivity index (χ0v) is 9.92. The fourth-order valence-electron chi connectivity index (χ4n) is 1.25. The number of carbonyl (C=O) groups excluding carboxylic acids is 1. The molecule has 0 fully saturated rings. The molecule has 0 aliphatic rings. The van der Waals surface area contributed by atoms with E-state index in [1.165, 1.54) is 11.3 Å². The molecule has 2 nitrogen and oxygen atoms in total. The first kappa shape index (κ1) is 11.2. The van der Waals surface area contributed by atoms with Crippen LogP contribution in [0.1, 0.15) is 15.2 Å². The van der Waals surface area contributed by atoms with Crippen LogP contribution < -0.4 is 4.74 Å². The Labute approximate surface area is 102 Å². The van der Waals surface area contributed by atoms with Crippen molar-refractivity contribution in [1.29, 1.82) is 0 Å². The average molecular weight is 253 g/mol. The summed E-state index contributed by atoms with van der Waals surface area (Å²) >= 11 is 7.35. The molecule has 0 amide bonds. The summed E-state index contributed by atoms with van der Waals surface area (Å²) in [5, 5.41) is 2.49. The molecule has 0 saturated heterocycles. The zero-order valence-electron chi connectivity index (χ0n) is 8.35. The largest absolute Gasteiger partial charge is 0.488 e. The van der Waals surface area contributed by atoms with Gasteiger partial charge in [0, 0.05) is 22.0 Å². The van der Waals surface area contributed by atoms with Crippen molar-refractivity contribution in [1.82, 2.24) is 0 Å². The van der Waals surface area contributed by atoms with Crippen molar-refractivity contribution in [3.05, 3.63) is 51.2 Å². The number of aldehydes is 1. The van der Waals surface area contributed by atoms with Gasteiger partial charge in [-0.25, -0.2) is 0 Å². The Morgan fingerprint density at radius 2 is 2.19 bits per heavy atom. The molecule has 1 aromatic heterocycles. The maximum Gasteiger partial charge on any atom is 0.160 e. The second-order valence-corrected chi connectivity index (χ2v) is 4.53. The van der Waals surface area contributed by atoms with Crippen LogP contribution in [0.25, 0.3) is 0 Å². The van der Waals surface area contributed by atoms with Crippen LogP contribution in [0.2, 0.25) is 5.02 Å². The third kappa shape index (κ3) is 2.62. The van der Waals surface area contributed by atoms with Gasteiger partial charge >= 0.3 is 0 Å². The normalized spacial score (nSPS) is 10.1. The Bertz CT molecular complexity index is 493. The van der Waals surface area contributed by atoms with E-state index < -0.39 is 0 Å². The van der Waals surface area contributed by atoms with E-state index in [1.54, 1.807) is 11.4 Å². The second-order valence-electron chi connectivity index (χ2n) is 3.18. The van der Waals surface area contributed by atoms with Crippen LogP contribution in [0.4, 0.5) is 0 Å². The number of halogens is 1. The lowest BCUT2D eigenvalue weighted by Crippen LogP contribution is -1.94. The fraction of sp³-hybridized carbons (Fsp3) is 0.0833. The summed E-state index contributed by atoms with van der Waals surface area (Å²) in [6, 6.07) is 9.24. The van der Waals surface area contributed by atoms with E-state index in [2.05, 4.69) is 0 Å². The van der Waals surface area contributed by atoms with E-state index in [0.29, 0.717) is 22.3 Å². The van der Waals surface area contributed by atoms with E-state index in [-0.39, 0.29) is 0 Å². The first-order valence-corrected chi connectivity index (χ1v) is 5.95. The highest BCUT2D eigenvalue weighted by molar-refractivity contribution is 7.11. The van der Waals surface area contributed by atoms with Gasteiger partial charge in [-0.3, -0.25) is 4.79 Å². The van der Waals surface area contributed by atoms with Crippen molar-refractivity contribution < 1.29 is 9.53 Å². The van der Waals surface area contributed by atoms with Gasteiger partial charge in [-0.05, 0) is 6.07 Å². The van der Waals surface area contributed by atoms with E-state index in [4.69, 9.17) is 16.3 Å². The van der Waals surface area contributed by atoms with Crippen molar-refractivity contribution in [2.45, 2.75) is 6.61 Å². The van der Waals surface area contributed by atoms with Crippen LogP contribution in [-0.4, -0.2) is 6.29 Å². The smallest absolute Gasteiger partial charge is 0.160 e. The average Bonchev–Trinajstić information content (AvgIpc) is 2.76. The van der Waals surface area contributed by atoms with Crippen molar-refractivity contribution in [3.63, 3.8) is 0 Å². The van der Waals surface area contributed by atoms with Crippen LogP contribution in [0.5, 0.6) is 5.75 Å². The molecular weight excluding hydrogens is 244 g/mol. The van der Waals surface area contributed by atoms with E-state index in [0.717, 1.165) is 11.8 Å². The molecular formula is C12H9ClO2S. The molecule has 0 spiro atoms. The number of hydrogen-bond acceptors (Lipinski definition) is 3. The number of benzene rings is 1. The van der Waals surface area contributed by atoms with Crippen molar-refractivity contribution >= 4 is 29.2 Å². The summed E-state index contributed by atoms with van der Waals surface area (Å²) in [4.78, 5) is 11.1. The van der Waals surface area contributed by atoms with Gasteiger partial charge in [0.2, 0.25) is 0 Å². The van der Waals surface area contributed by atoms with Crippen LogP contribution in [0.15, 0.2) is 35.7 Å². The van der Waals surface area contributed by atoms with Gasteiger partial charge in [0.05, 0.1) is 4.88 Å². The topological polar surface area (TPSA) is 26.3 Å². The molecule has 0 radical (unpaired) electrons. The fourth-order valence-corrected chi connectivity index (χ4v) is 2.07. The highest BCUT2D eigenvalue weighted by atomic mass is 35.5. The lowest BCUT2D eigenvalue weighted by molar-refractivity contribution is 0.112. The summed E-state index contributed by atoms with van der Waals surface area (Å²) in [6.45, 7) is 0.411. The summed E-state index contributed by atoms with van der Waals surface area (Å²) in [5.41, 5.74) is 0.933. The van der Waals surface area contributed by atoms with Crippen molar-refractivity contribution in [2.24, 2.45) is 0 Å². The quantitative estimate of drug-likeness (QED) is 0.774. The Morgan fingerprint density at radius 1 is 1.38 bits per heavy atom. The maximum atomic E-state index is 10.5. The number of rotatable bonds is 4. The Morgan fingerprint density at radius 3 is 2.88 bits per heavy atom. The number of ether oxygens (including phenoxy) is 1. The standard InChI is InChI=1S/C12H9ClO2S/c13-12-4-2-1-3-9(12)7-15-10-5-11(6-14)16-8-10/h1-6,8H,7H2. The van der Waals surface area contributed by atoms with Crippen molar-refractivity contribution in [3.8, 4) is 5.75 Å². The van der Waals surface area contributed by atoms with Crippen LogP contribution in [0.3, 0.4) is 0 Å². The molecule has 0 unspecified atom stereocenters. The highest BCUT2D eigenvalue weighted by Gasteiger charge is 2.02. The molecule has 0 saturated carbocycles. The number of thiophene rings is 1. The Hall–Kier alpha value is -1.32. The Kier molecular flexibility index (Phi) is 3.59. The van der Waals surface area contributed by atoms with E-state index in [1.807, 2.05) is 24.3 Å². The minimum atomic E-state index is 0.411. The summed E-state index contributed by atoms with van der Waals surface area (Å²) in [7, 11) is 0. The predicted molar refractivity (Wildman–Crippen MR) is 65.5 cm³/mol. The predicted octanol–water partition coefficient (Wildman–Crippen LogP) is 3.79. The number of carbonyl (C=O) groups is 1. The van der Waals surface area contributed by atoms with Crippen molar-refractivity contribution in [2.75, 3.05) is 0 Å². The molecule has 0 aliphatic carbocycles. The first-order chi connectivity index (χ1) is 7.79. The molecule has 1 aromatic carbocycles. The number of hydrogen-bond donors (Lipinski definition) is 0. The minimum Gasteiger partial charge on any atom is -0.488 e. The SMILES string of the molecule is O=Cc1cc(OCc2ccccc2Cl)cs1. The van der Waals surface area contributed by atoms with Gasteiger partial charge in [0.1, 0.15) is 12.4 Å². The highest BCUT2D eigenvalue weighted by Crippen LogP contribution is 2.22. The minimum absolute atomic E-state index is 0.411. The molecule has 16 heavy (non-hydrogen) atoms. The molecule has 2 rings (SSSR count). The molecule has 1 heterocycles. The maximum absolute atomic E-state index is 10.5. The molecule has 0 aliphatic heterocycles. The van der Waals surface area contributed by atoms with Gasteiger partial charge in [0.15, 0.2) is 6.29 Å². The summed E-state index contributed by atoms with van der Waals surface area (Å²) < 4.78 is 5.52. The summed E-state index contributed by atoms with van der Waals surface area (Å²) in [5.74, 6) is 0.701. The lowest BCUT2D eigenvalue weighted by Gasteiger charge is -2.05. The molecule has 0 atom stereocenters. The van der Waals surface area contributed by atoms with Gasteiger partial charge in [-0.15, -0.1) is 11.3 Å². The first-order valence-electron chi connectivity index (χ1n) is 4.69. The molecule has 4 heteroatoms. The van der Waals surface area contributed by atoms with Crippen LogP contribution >= 0.6 is 22.9 Å². The van der Waals surface area contributed by atoms with Crippen LogP contribution in [-0.2, 0) is 6.61 Å². The molecule has 2 aromatic rings. The van der Waals surface area contributed by atoms with E-state index >= 15 is 0 Å². The third-order valence-corrected chi connectivity index (χ3v) is 3.27. The van der Waals surface area contributed by atoms with E-state index in [9.17, 15) is 4.79 Å². The van der Waals surface area contributed by atoms with Gasteiger partial charge in [-0.1, -0.05) is 29.8 Å². The summed E-state index contributed by atoms with van der Waals surface area (Å²) in [6.07, 6.45) is 0.813. The van der Waals surface area contributed by atoms with Gasteiger partial charge < -0.3 is 4.74 Å². The molecule has 0 bridgehead atoms. The molecule has 82 valence electrons. The zero-order chi connectivity index (χ0) is 11.4. The second kappa shape index (κ2) is 5.14. The lowest BCUT2D eigenvalue weighted by atomic mass is 10.2.